The lowest BCUT2D eigenvalue weighted by molar-refractivity contribution is -0.124. The van der Waals surface area contributed by atoms with Crippen LogP contribution in [0.15, 0.2) is 0 Å². The van der Waals surface area contributed by atoms with Crippen molar-refractivity contribution in [3.05, 3.63) is 0 Å². The Balaban J connectivity index is 3.83. The van der Waals surface area contributed by atoms with Gasteiger partial charge in [0.05, 0.1) is 6.04 Å². The average Bonchev–Trinajstić information content (AvgIpc) is 1.81. The van der Waals surface area contributed by atoms with E-state index in [9.17, 15) is 9.59 Å². The van der Waals surface area contributed by atoms with Crippen LogP contribution in [0.2, 0.25) is 0 Å². The molecule has 4 nitrogen and oxygen atoms in total. The fraction of sp³-hybridized carbons (Fsp3) is 0.667. The number of carbonyl (C=O) groups is 2. The molecule has 0 saturated carbocycles. The van der Waals surface area contributed by atoms with E-state index in [4.69, 9.17) is 5.84 Å². The second kappa shape index (κ2) is 4.14. The standard InChI is InChI=1S/C6H12N2O2/c1-4(9)3-6(8-7)5(2)10/h6,8H,3,7H2,1-2H3. The maximum Gasteiger partial charge on any atom is 0.148 e. The molecule has 0 heterocycles. The number of hydrogen-bond acceptors (Lipinski definition) is 4. The summed E-state index contributed by atoms with van der Waals surface area (Å²) in [5.41, 5.74) is 2.26. The quantitative estimate of drug-likeness (QED) is 0.407. The summed E-state index contributed by atoms with van der Waals surface area (Å²) in [6, 6.07) is -0.516. The lowest BCUT2D eigenvalue weighted by Crippen LogP contribution is -2.41. The summed E-state index contributed by atoms with van der Waals surface area (Å²) < 4.78 is 0. The van der Waals surface area contributed by atoms with Crippen molar-refractivity contribution in [2.45, 2.75) is 26.3 Å². The third-order valence-corrected chi connectivity index (χ3v) is 1.18. The molecule has 0 aliphatic carbocycles. The molecule has 1 atom stereocenters. The van der Waals surface area contributed by atoms with Crippen LogP contribution >= 0.6 is 0 Å². The summed E-state index contributed by atoms with van der Waals surface area (Å²) in [7, 11) is 0. The highest BCUT2D eigenvalue weighted by atomic mass is 16.1. The topological polar surface area (TPSA) is 72.2 Å². The first kappa shape index (κ1) is 9.26. The molecular weight excluding hydrogens is 132 g/mol. The van der Waals surface area contributed by atoms with Gasteiger partial charge in [0.15, 0.2) is 0 Å². The average molecular weight is 144 g/mol. The zero-order valence-electron chi connectivity index (χ0n) is 6.18. The molecule has 0 amide bonds. The smallest absolute Gasteiger partial charge is 0.148 e. The second-order valence-electron chi connectivity index (χ2n) is 2.24. The fourth-order valence-electron chi connectivity index (χ4n) is 0.607. The van der Waals surface area contributed by atoms with Gasteiger partial charge in [0.25, 0.3) is 0 Å². The fourth-order valence-corrected chi connectivity index (χ4v) is 0.607. The van der Waals surface area contributed by atoms with Crippen molar-refractivity contribution >= 4 is 11.6 Å². The molecule has 0 saturated heterocycles. The van der Waals surface area contributed by atoms with Crippen molar-refractivity contribution in [1.82, 2.24) is 5.43 Å². The highest BCUT2D eigenvalue weighted by Gasteiger charge is 2.13. The van der Waals surface area contributed by atoms with Crippen LogP contribution < -0.4 is 11.3 Å². The van der Waals surface area contributed by atoms with Gasteiger partial charge in [-0.05, 0) is 13.8 Å². The van der Waals surface area contributed by atoms with Gasteiger partial charge in [-0.15, -0.1) is 0 Å². The van der Waals surface area contributed by atoms with E-state index in [1.54, 1.807) is 0 Å². The van der Waals surface area contributed by atoms with Crippen molar-refractivity contribution < 1.29 is 9.59 Å². The summed E-state index contributed by atoms with van der Waals surface area (Å²) in [5.74, 6) is 4.84. The molecule has 0 rings (SSSR count). The Kier molecular flexibility index (Phi) is 3.83. The predicted octanol–water partition coefficient (Wildman–Crippen LogP) is -0.614. The molecule has 0 aliphatic rings. The lowest BCUT2D eigenvalue weighted by atomic mass is 10.1. The van der Waals surface area contributed by atoms with Crippen LogP contribution in [0.3, 0.4) is 0 Å². The minimum Gasteiger partial charge on any atom is -0.300 e. The molecule has 58 valence electrons. The first-order valence-electron chi connectivity index (χ1n) is 3.04. The van der Waals surface area contributed by atoms with Crippen molar-refractivity contribution in [3.8, 4) is 0 Å². The number of ketones is 2. The third kappa shape index (κ3) is 3.32. The van der Waals surface area contributed by atoms with Gasteiger partial charge < -0.3 is 0 Å². The zero-order chi connectivity index (χ0) is 8.15. The molecule has 0 radical (unpaired) electrons. The van der Waals surface area contributed by atoms with Gasteiger partial charge in [0.2, 0.25) is 0 Å². The number of nitrogens with one attached hydrogen (secondary N) is 1. The van der Waals surface area contributed by atoms with Crippen LogP contribution in [-0.4, -0.2) is 17.6 Å². The maximum absolute atomic E-state index is 10.6. The van der Waals surface area contributed by atoms with E-state index in [0.717, 1.165) is 0 Å². The molecule has 10 heavy (non-hydrogen) atoms. The van der Waals surface area contributed by atoms with Crippen LogP contribution in [0.25, 0.3) is 0 Å². The summed E-state index contributed by atoms with van der Waals surface area (Å²) in [5, 5.41) is 0. The Hall–Kier alpha value is -0.740. The van der Waals surface area contributed by atoms with E-state index in [-0.39, 0.29) is 18.0 Å². The molecule has 3 N–H and O–H groups in total. The molecule has 0 bridgehead atoms. The van der Waals surface area contributed by atoms with Crippen molar-refractivity contribution in [1.29, 1.82) is 0 Å². The first-order chi connectivity index (χ1) is 4.57. The Morgan fingerprint density at radius 2 is 2.00 bits per heavy atom. The van der Waals surface area contributed by atoms with E-state index < -0.39 is 6.04 Å². The number of Topliss-reactive ketones (excluding diaryl/α,β-unsaturated/α-hetero) is 2. The van der Waals surface area contributed by atoms with E-state index in [2.05, 4.69) is 5.43 Å². The van der Waals surface area contributed by atoms with Gasteiger partial charge in [-0.3, -0.25) is 15.4 Å². The lowest BCUT2D eigenvalue weighted by Gasteiger charge is -2.08. The summed E-state index contributed by atoms with van der Waals surface area (Å²) in [4.78, 5) is 21.1. The number of nitrogens with two attached hydrogens (primary N) is 1. The monoisotopic (exact) mass is 144 g/mol. The highest BCUT2D eigenvalue weighted by Crippen LogP contribution is 1.92. The molecule has 0 aromatic rings. The SMILES string of the molecule is CC(=O)CC(NN)C(C)=O. The summed E-state index contributed by atoms with van der Waals surface area (Å²) in [6.07, 6.45) is 0.172. The molecule has 0 aliphatic heterocycles. The summed E-state index contributed by atoms with van der Waals surface area (Å²) in [6.45, 7) is 2.82. The van der Waals surface area contributed by atoms with Gasteiger partial charge in [0.1, 0.15) is 11.6 Å². The Morgan fingerprint density at radius 1 is 1.50 bits per heavy atom. The van der Waals surface area contributed by atoms with Gasteiger partial charge in [-0.1, -0.05) is 0 Å². The van der Waals surface area contributed by atoms with E-state index in [0.29, 0.717) is 0 Å². The minimum absolute atomic E-state index is 0.0434. The van der Waals surface area contributed by atoms with E-state index in [1.165, 1.54) is 13.8 Å². The normalized spacial score (nSPS) is 12.7. The third-order valence-electron chi connectivity index (χ3n) is 1.18. The number of hydrazine groups is 1. The van der Waals surface area contributed by atoms with Crippen molar-refractivity contribution in [2.24, 2.45) is 5.84 Å². The van der Waals surface area contributed by atoms with Gasteiger partial charge in [-0.25, -0.2) is 5.43 Å². The van der Waals surface area contributed by atoms with Crippen molar-refractivity contribution in [3.63, 3.8) is 0 Å². The number of hydrogen-bond donors (Lipinski definition) is 2. The van der Waals surface area contributed by atoms with Gasteiger partial charge in [-0.2, -0.15) is 0 Å². The van der Waals surface area contributed by atoms with Crippen LogP contribution in [0.1, 0.15) is 20.3 Å². The highest BCUT2D eigenvalue weighted by molar-refractivity contribution is 5.87. The predicted molar refractivity (Wildman–Crippen MR) is 37.1 cm³/mol. The zero-order valence-corrected chi connectivity index (χ0v) is 6.18. The van der Waals surface area contributed by atoms with Crippen LogP contribution in [0.5, 0.6) is 0 Å². The van der Waals surface area contributed by atoms with Crippen LogP contribution in [0.4, 0.5) is 0 Å². The molecule has 0 aromatic heterocycles. The van der Waals surface area contributed by atoms with Gasteiger partial charge >= 0.3 is 0 Å². The van der Waals surface area contributed by atoms with Gasteiger partial charge in [0, 0.05) is 6.42 Å². The van der Waals surface area contributed by atoms with Crippen molar-refractivity contribution in [2.75, 3.05) is 0 Å². The molecule has 0 aromatic carbocycles. The molecule has 0 fully saturated rings. The molecule has 0 spiro atoms. The minimum atomic E-state index is -0.516. The number of rotatable bonds is 4. The first-order valence-corrected chi connectivity index (χ1v) is 3.04. The second-order valence-corrected chi connectivity index (χ2v) is 2.24. The molecular formula is C6H12N2O2. The Labute approximate surface area is 59.7 Å². The van der Waals surface area contributed by atoms with Crippen LogP contribution in [-0.2, 0) is 9.59 Å². The Morgan fingerprint density at radius 3 is 2.10 bits per heavy atom. The Bertz CT molecular complexity index is 145. The van der Waals surface area contributed by atoms with E-state index >= 15 is 0 Å². The molecule has 4 heteroatoms. The van der Waals surface area contributed by atoms with E-state index in [1.807, 2.05) is 0 Å². The maximum atomic E-state index is 10.6. The largest absolute Gasteiger partial charge is 0.300 e. The summed E-state index contributed by atoms with van der Waals surface area (Å²) >= 11 is 0. The number of carbonyl (C=O) groups excluding carboxylic acids is 2. The van der Waals surface area contributed by atoms with Crippen LogP contribution in [0, 0.1) is 0 Å². The molecule has 1 unspecified atom stereocenters.